The fourth-order valence-electron chi connectivity index (χ4n) is 1.89. The molecule has 76 valence electrons. The van der Waals surface area contributed by atoms with Crippen molar-refractivity contribution in [2.75, 3.05) is 16.8 Å². The molecule has 5 nitrogen and oxygen atoms in total. The highest BCUT2D eigenvalue weighted by atomic mass is 16.6. The molecule has 1 aromatic carbocycles. The van der Waals surface area contributed by atoms with Crippen LogP contribution in [0.1, 0.15) is 0 Å². The minimum atomic E-state index is -0.521. The molecular formula is C10H8N2O3. The number of ether oxygens (including phenoxy) is 1. The van der Waals surface area contributed by atoms with Gasteiger partial charge in [-0.1, -0.05) is 12.1 Å². The number of nitrogens with one attached hydrogen (secondary N) is 1. The summed E-state index contributed by atoms with van der Waals surface area (Å²) in [5.74, 6) is -0.195. The van der Waals surface area contributed by atoms with Gasteiger partial charge in [-0.15, -0.1) is 0 Å². The molecule has 1 saturated heterocycles. The van der Waals surface area contributed by atoms with Crippen LogP contribution in [0.4, 0.5) is 16.2 Å². The van der Waals surface area contributed by atoms with Gasteiger partial charge in [0.05, 0.1) is 11.4 Å². The van der Waals surface area contributed by atoms with Gasteiger partial charge in [-0.05, 0) is 12.1 Å². The molecule has 5 heteroatoms. The van der Waals surface area contributed by atoms with Gasteiger partial charge in [-0.2, -0.15) is 0 Å². The molecule has 1 aromatic rings. The Bertz CT molecular complexity index is 458. The van der Waals surface area contributed by atoms with Crippen LogP contribution in [0.25, 0.3) is 0 Å². The number of carbonyl (C=O) groups is 2. The van der Waals surface area contributed by atoms with Crippen LogP contribution in [-0.4, -0.2) is 24.6 Å². The summed E-state index contributed by atoms with van der Waals surface area (Å²) >= 11 is 0. The third kappa shape index (κ3) is 1.03. The average Bonchev–Trinajstić information content (AvgIpc) is 2.62. The normalized spacial score (nSPS) is 22.9. The Morgan fingerprint density at radius 1 is 1.33 bits per heavy atom. The number of cyclic esters (lactones) is 1. The van der Waals surface area contributed by atoms with Crippen LogP contribution < -0.4 is 10.2 Å². The van der Waals surface area contributed by atoms with Crippen molar-refractivity contribution < 1.29 is 14.3 Å². The molecular weight excluding hydrogens is 196 g/mol. The maximum atomic E-state index is 11.6. The maximum Gasteiger partial charge on any atom is 0.415 e. The standard InChI is InChI=1S/C10H8N2O3/c13-9-8-5-15-10(14)12(8)7-4-2-1-3-6(7)11-9/h1-4,8H,5H2,(H,11,13). The van der Waals surface area contributed by atoms with Crippen molar-refractivity contribution in [1.29, 1.82) is 0 Å². The van der Waals surface area contributed by atoms with Crippen LogP contribution >= 0.6 is 0 Å². The van der Waals surface area contributed by atoms with Crippen LogP contribution in [0.15, 0.2) is 24.3 Å². The van der Waals surface area contributed by atoms with E-state index >= 15 is 0 Å². The SMILES string of the molecule is O=C1Nc2ccccc2N2C(=O)OCC12. The lowest BCUT2D eigenvalue weighted by Gasteiger charge is -2.28. The van der Waals surface area contributed by atoms with E-state index in [1.807, 2.05) is 6.07 Å². The first-order valence-corrected chi connectivity index (χ1v) is 4.63. The fraction of sp³-hybridized carbons (Fsp3) is 0.200. The number of benzene rings is 1. The van der Waals surface area contributed by atoms with E-state index in [-0.39, 0.29) is 12.5 Å². The zero-order valence-corrected chi connectivity index (χ0v) is 7.77. The predicted molar refractivity (Wildman–Crippen MR) is 52.7 cm³/mol. The van der Waals surface area contributed by atoms with Crippen molar-refractivity contribution in [2.24, 2.45) is 0 Å². The van der Waals surface area contributed by atoms with Crippen molar-refractivity contribution in [1.82, 2.24) is 0 Å². The molecule has 0 radical (unpaired) electrons. The largest absolute Gasteiger partial charge is 0.446 e. The first kappa shape index (κ1) is 8.28. The Balaban J connectivity index is 2.16. The minimum absolute atomic E-state index is 0.124. The molecule has 2 aliphatic heterocycles. The number of carbonyl (C=O) groups excluding carboxylic acids is 2. The van der Waals surface area contributed by atoms with E-state index in [0.717, 1.165) is 0 Å². The summed E-state index contributed by atoms with van der Waals surface area (Å²) < 4.78 is 4.85. The molecule has 0 spiro atoms. The van der Waals surface area contributed by atoms with Gasteiger partial charge in [0.2, 0.25) is 0 Å². The predicted octanol–water partition coefficient (Wildman–Crippen LogP) is 0.964. The Kier molecular flexibility index (Phi) is 1.50. The van der Waals surface area contributed by atoms with E-state index < -0.39 is 12.1 Å². The van der Waals surface area contributed by atoms with E-state index in [1.165, 1.54) is 4.90 Å². The number of hydrogen-bond donors (Lipinski definition) is 1. The molecule has 2 heterocycles. The first-order valence-electron chi connectivity index (χ1n) is 4.63. The van der Waals surface area contributed by atoms with Crippen LogP contribution in [0.3, 0.4) is 0 Å². The highest BCUT2D eigenvalue weighted by molar-refractivity contribution is 6.11. The summed E-state index contributed by atoms with van der Waals surface area (Å²) in [5, 5.41) is 2.74. The molecule has 1 unspecified atom stereocenters. The quantitative estimate of drug-likeness (QED) is 0.684. The van der Waals surface area contributed by atoms with Gasteiger partial charge in [0.25, 0.3) is 5.91 Å². The van der Waals surface area contributed by atoms with E-state index in [1.54, 1.807) is 18.2 Å². The molecule has 0 bridgehead atoms. The summed E-state index contributed by atoms with van der Waals surface area (Å²) in [6.07, 6.45) is -0.456. The van der Waals surface area contributed by atoms with Gasteiger partial charge in [0, 0.05) is 0 Å². The third-order valence-electron chi connectivity index (χ3n) is 2.60. The summed E-state index contributed by atoms with van der Waals surface area (Å²) in [4.78, 5) is 24.4. The van der Waals surface area contributed by atoms with Gasteiger partial charge in [0.15, 0.2) is 6.04 Å². The lowest BCUT2D eigenvalue weighted by atomic mass is 10.1. The molecule has 0 aliphatic carbocycles. The maximum absolute atomic E-state index is 11.6. The Morgan fingerprint density at radius 2 is 2.13 bits per heavy atom. The summed E-state index contributed by atoms with van der Waals surface area (Å²) in [5.41, 5.74) is 1.35. The number of para-hydroxylation sites is 2. The summed E-state index contributed by atoms with van der Waals surface area (Å²) in [7, 11) is 0. The lowest BCUT2D eigenvalue weighted by molar-refractivity contribution is -0.117. The minimum Gasteiger partial charge on any atom is -0.446 e. The van der Waals surface area contributed by atoms with Crippen molar-refractivity contribution in [2.45, 2.75) is 6.04 Å². The Hall–Kier alpha value is -2.04. The summed E-state index contributed by atoms with van der Waals surface area (Å²) in [6.45, 7) is 0.124. The second kappa shape index (κ2) is 2.73. The van der Waals surface area contributed by atoms with E-state index in [0.29, 0.717) is 11.4 Å². The topological polar surface area (TPSA) is 58.6 Å². The fourth-order valence-corrected chi connectivity index (χ4v) is 1.89. The van der Waals surface area contributed by atoms with Crippen LogP contribution in [0.5, 0.6) is 0 Å². The molecule has 2 aliphatic rings. The summed E-state index contributed by atoms with van der Waals surface area (Å²) in [6, 6.07) is 6.65. The molecule has 0 aromatic heterocycles. The van der Waals surface area contributed by atoms with Crippen molar-refractivity contribution in [3.05, 3.63) is 24.3 Å². The van der Waals surface area contributed by atoms with Crippen LogP contribution in [0.2, 0.25) is 0 Å². The molecule has 15 heavy (non-hydrogen) atoms. The number of amides is 2. The van der Waals surface area contributed by atoms with Gasteiger partial charge >= 0.3 is 6.09 Å². The molecule has 1 N–H and O–H groups in total. The zero-order valence-electron chi connectivity index (χ0n) is 7.77. The van der Waals surface area contributed by atoms with E-state index in [9.17, 15) is 9.59 Å². The zero-order chi connectivity index (χ0) is 10.4. The van der Waals surface area contributed by atoms with Gasteiger partial charge in [-0.3, -0.25) is 9.69 Å². The molecule has 0 saturated carbocycles. The smallest absolute Gasteiger partial charge is 0.415 e. The Morgan fingerprint density at radius 3 is 3.00 bits per heavy atom. The molecule has 2 amide bonds. The number of nitrogens with zero attached hydrogens (tertiary/aromatic N) is 1. The number of anilines is 2. The van der Waals surface area contributed by atoms with Crippen molar-refractivity contribution in [3.8, 4) is 0 Å². The molecule has 3 rings (SSSR count). The second-order valence-corrected chi connectivity index (χ2v) is 3.47. The molecule has 1 atom stereocenters. The monoisotopic (exact) mass is 204 g/mol. The first-order chi connectivity index (χ1) is 7.27. The average molecular weight is 204 g/mol. The number of fused-ring (bicyclic) bond motifs is 3. The highest BCUT2D eigenvalue weighted by Crippen LogP contribution is 2.34. The van der Waals surface area contributed by atoms with Gasteiger partial charge in [0.1, 0.15) is 6.61 Å². The lowest BCUT2D eigenvalue weighted by Crippen LogP contribution is -2.46. The van der Waals surface area contributed by atoms with Crippen molar-refractivity contribution in [3.63, 3.8) is 0 Å². The third-order valence-corrected chi connectivity index (χ3v) is 2.60. The van der Waals surface area contributed by atoms with Gasteiger partial charge in [-0.25, -0.2) is 4.79 Å². The highest BCUT2D eigenvalue weighted by Gasteiger charge is 2.43. The van der Waals surface area contributed by atoms with E-state index in [4.69, 9.17) is 4.74 Å². The van der Waals surface area contributed by atoms with Crippen LogP contribution in [0, 0.1) is 0 Å². The van der Waals surface area contributed by atoms with E-state index in [2.05, 4.69) is 5.32 Å². The second-order valence-electron chi connectivity index (χ2n) is 3.47. The van der Waals surface area contributed by atoms with Gasteiger partial charge < -0.3 is 10.1 Å². The number of rotatable bonds is 0. The molecule has 1 fully saturated rings. The van der Waals surface area contributed by atoms with Crippen LogP contribution in [-0.2, 0) is 9.53 Å². The van der Waals surface area contributed by atoms with Crippen molar-refractivity contribution >= 4 is 23.4 Å². The Labute approximate surface area is 85.6 Å². The number of hydrogen-bond acceptors (Lipinski definition) is 3.